The first-order chi connectivity index (χ1) is 12.0. The number of hydrogen-bond acceptors (Lipinski definition) is 6. The van der Waals surface area contributed by atoms with Gasteiger partial charge in [-0.25, -0.2) is 18.7 Å². The van der Waals surface area contributed by atoms with Crippen molar-refractivity contribution >= 4 is 29.0 Å². The lowest BCUT2D eigenvalue weighted by atomic mass is 10.3. The zero-order valence-electron chi connectivity index (χ0n) is 12.5. The fourth-order valence-electron chi connectivity index (χ4n) is 2.00. The first-order valence-electron chi connectivity index (χ1n) is 6.99. The molecule has 0 saturated carbocycles. The van der Waals surface area contributed by atoms with Crippen LogP contribution in [0.5, 0.6) is 0 Å². The molecule has 126 valence electrons. The smallest absolute Gasteiger partial charge is 0.334 e. The summed E-state index contributed by atoms with van der Waals surface area (Å²) in [7, 11) is 0. The van der Waals surface area contributed by atoms with Crippen LogP contribution >= 0.6 is 11.8 Å². The lowest BCUT2D eigenvalue weighted by Gasteiger charge is -2.08. The van der Waals surface area contributed by atoms with Crippen LogP contribution in [0, 0.1) is 21.7 Å². The Balaban J connectivity index is 1.97. The van der Waals surface area contributed by atoms with Gasteiger partial charge in [0, 0.05) is 16.6 Å². The first kappa shape index (κ1) is 16.8. The van der Waals surface area contributed by atoms with E-state index in [4.69, 9.17) is 0 Å². The van der Waals surface area contributed by atoms with Crippen LogP contribution in [0.3, 0.4) is 0 Å². The molecular formula is C16H10F2N4O2S. The molecule has 0 fully saturated rings. The van der Waals surface area contributed by atoms with Gasteiger partial charge in [0.15, 0.2) is 16.7 Å². The summed E-state index contributed by atoms with van der Waals surface area (Å²) in [5.41, 5.74) is -0.211. The minimum absolute atomic E-state index is 0.107. The highest BCUT2D eigenvalue weighted by Crippen LogP contribution is 2.37. The van der Waals surface area contributed by atoms with E-state index >= 15 is 0 Å². The number of benzene rings is 2. The molecule has 3 aromatic rings. The van der Waals surface area contributed by atoms with Crippen LogP contribution in [0.15, 0.2) is 64.8 Å². The van der Waals surface area contributed by atoms with Crippen LogP contribution in [0.25, 0.3) is 0 Å². The van der Waals surface area contributed by atoms with Crippen molar-refractivity contribution in [2.45, 2.75) is 9.92 Å². The Morgan fingerprint density at radius 2 is 1.80 bits per heavy atom. The van der Waals surface area contributed by atoms with Gasteiger partial charge in [-0.15, -0.1) is 0 Å². The largest absolute Gasteiger partial charge is 0.343 e. The van der Waals surface area contributed by atoms with Gasteiger partial charge in [0.05, 0.1) is 4.92 Å². The molecule has 0 saturated heterocycles. The topological polar surface area (TPSA) is 81.0 Å². The molecule has 25 heavy (non-hydrogen) atoms. The van der Waals surface area contributed by atoms with Gasteiger partial charge in [-0.1, -0.05) is 30.0 Å². The standard InChI is InChI=1S/C16H10F2N4O2S/c17-12-7-6-10(8-13(12)18)21-15-14(22(23)24)16(20-9-19-15)25-11-4-2-1-3-5-11/h1-9H,(H,19,20,21). The normalized spacial score (nSPS) is 10.5. The molecule has 0 aliphatic carbocycles. The van der Waals surface area contributed by atoms with Crippen LogP contribution in [0.1, 0.15) is 0 Å². The number of nitro groups is 1. The molecule has 0 aliphatic heterocycles. The predicted octanol–water partition coefficient (Wildman–Crippen LogP) is 4.56. The van der Waals surface area contributed by atoms with Crippen LogP contribution in [0.4, 0.5) is 26.0 Å². The summed E-state index contributed by atoms with van der Waals surface area (Å²) in [4.78, 5) is 19.5. The number of nitrogens with one attached hydrogen (secondary N) is 1. The molecule has 0 bridgehead atoms. The van der Waals surface area contributed by atoms with Crippen LogP contribution in [-0.4, -0.2) is 14.9 Å². The summed E-state index contributed by atoms with van der Waals surface area (Å²) in [6, 6.07) is 12.1. The molecule has 0 radical (unpaired) electrons. The quantitative estimate of drug-likeness (QED) is 0.408. The van der Waals surface area contributed by atoms with Gasteiger partial charge < -0.3 is 5.32 Å². The van der Waals surface area contributed by atoms with Crippen molar-refractivity contribution in [3.63, 3.8) is 0 Å². The van der Waals surface area contributed by atoms with Gasteiger partial charge in [0.1, 0.15) is 6.33 Å². The number of nitrogens with zero attached hydrogens (tertiary/aromatic N) is 3. The van der Waals surface area contributed by atoms with E-state index in [1.807, 2.05) is 6.07 Å². The Kier molecular flexibility index (Phi) is 4.85. The number of aromatic nitrogens is 2. The average molecular weight is 360 g/mol. The number of halogens is 2. The second-order valence-electron chi connectivity index (χ2n) is 4.80. The van der Waals surface area contributed by atoms with Gasteiger partial charge >= 0.3 is 5.69 Å². The highest BCUT2D eigenvalue weighted by molar-refractivity contribution is 7.99. The second-order valence-corrected chi connectivity index (χ2v) is 5.86. The maximum atomic E-state index is 13.3. The molecule has 0 unspecified atom stereocenters. The van der Waals surface area contributed by atoms with Crippen molar-refractivity contribution in [1.29, 1.82) is 0 Å². The molecule has 6 nitrogen and oxygen atoms in total. The summed E-state index contributed by atoms with van der Waals surface area (Å²) < 4.78 is 26.3. The first-order valence-corrected chi connectivity index (χ1v) is 7.80. The minimum atomic E-state index is -1.07. The molecule has 0 amide bonds. The molecule has 0 atom stereocenters. The molecular weight excluding hydrogens is 350 g/mol. The van der Waals surface area contributed by atoms with E-state index in [0.29, 0.717) is 0 Å². The second kappa shape index (κ2) is 7.22. The van der Waals surface area contributed by atoms with Gasteiger partial charge in [0.2, 0.25) is 5.82 Å². The number of anilines is 2. The molecule has 1 N–H and O–H groups in total. The summed E-state index contributed by atoms with van der Waals surface area (Å²) in [6.45, 7) is 0. The minimum Gasteiger partial charge on any atom is -0.334 e. The van der Waals surface area contributed by atoms with Crippen molar-refractivity contribution in [2.24, 2.45) is 0 Å². The monoisotopic (exact) mass is 360 g/mol. The maximum Gasteiger partial charge on any atom is 0.343 e. The van der Waals surface area contributed by atoms with Gasteiger partial charge in [0.25, 0.3) is 0 Å². The molecule has 3 rings (SSSR count). The van der Waals surface area contributed by atoms with Crippen molar-refractivity contribution in [3.8, 4) is 0 Å². The third kappa shape index (κ3) is 3.89. The highest BCUT2D eigenvalue weighted by atomic mass is 32.2. The molecule has 1 aromatic heterocycles. The van der Waals surface area contributed by atoms with Crippen molar-refractivity contribution in [2.75, 3.05) is 5.32 Å². The Morgan fingerprint density at radius 1 is 1.04 bits per heavy atom. The highest BCUT2D eigenvalue weighted by Gasteiger charge is 2.24. The Labute approximate surface area is 145 Å². The SMILES string of the molecule is O=[N+]([O-])c1c(Nc2ccc(F)c(F)c2)ncnc1Sc1ccccc1. The van der Waals surface area contributed by atoms with Crippen LogP contribution in [-0.2, 0) is 0 Å². The van der Waals surface area contributed by atoms with E-state index in [1.54, 1.807) is 24.3 Å². The molecule has 2 aromatic carbocycles. The van der Waals surface area contributed by atoms with E-state index in [2.05, 4.69) is 15.3 Å². The molecule has 0 spiro atoms. The molecule has 9 heteroatoms. The summed E-state index contributed by atoms with van der Waals surface area (Å²) in [5, 5.41) is 14.3. The van der Waals surface area contributed by atoms with Crippen molar-refractivity contribution in [1.82, 2.24) is 9.97 Å². The van der Waals surface area contributed by atoms with E-state index in [1.165, 1.54) is 12.4 Å². The van der Waals surface area contributed by atoms with Crippen LogP contribution < -0.4 is 5.32 Å². The Hall–Kier alpha value is -3.07. The van der Waals surface area contributed by atoms with E-state index in [0.717, 1.165) is 28.8 Å². The maximum absolute atomic E-state index is 13.3. The van der Waals surface area contributed by atoms with Gasteiger partial charge in [-0.05, 0) is 24.3 Å². The van der Waals surface area contributed by atoms with Gasteiger partial charge in [-0.2, -0.15) is 0 Å². The predicted molar refractivity (Wildman–Crippen MR) is 88.9 cm³/mol. The Morgan fingerprint density at radius 3 is 2.48 bits per heavy atom. The fourth-order valence-corrected chi connectivity index (χ4v) is 2.89. The van der Waals surface area contributed by atoms with Crippen molar-refractivity contribution in [3.05, 3.63) is 76.6 Å². The van der Waals surface area contributed by atoms with E-state index < -0.39 is 16.6 Å². The molecule has 0 aliphatic rings. The summed E-state index contributed by atoms with van der Waals surface area (Å²) in [5.74, 6) is -2.19. The zero-order valence-corrected chi connectivity index (χ0v) is 13.3. The van der Waals surface area contributed by atoms with E-state index in [9.17, 15) is 18.9 Å². The van der Waals surface area contributed by atoms with Gasteiger partial charge in [-0.3, -0.25) is 10.1 Å². The summed E-state index contributed by atoms with van der Waals surface area (Å²) in [6.07, 6.45) is 1.17. The number of hydrogen-bond donors (Lipinski definition) is 1. The number of rotatable bonds is 5. The summed E-state index contributed by atoms with van der Waals surface area (Å²) >= 11 is 1.11. The lowest BCUT2D eigenvalue weighted by molar-refractivity contribution is -0.387. The Bertz CT molecular complexity index is 925. The average Bonchev–Trinajstić information content (AvgIpc) is 2.59. The van der Waals surface area contributed by atoms with Crippen LogP contribution in [0.2, 0.25) is 0 Å². The third-order valence-corrected chi connectivity index (χ3v) is 4.11. The molecule has 1 heterocycles. The fraction of sp³-hybridized carbons (Fsp3) is 0. The zero-order chi connectivity index (χ0) is 17.8. The third-order valence-electron chi connectivity index (χ3n) is 3.11. The van der Waals surface area contributed by atoms with E-state index in [-0.39, 0.29) is 22.2 Å². The van der Waals surface area contributed by atoms with Crippen molar-refractivity contribution < 1.29 is 13.7 Å². The lowest BCUT2D eigenvalue weighted by Crippen LogP contribution is -2.03.